The lowest BCUT2D eigenvalue weighted by Gasteiger charge is -2.28. The van der Waals surface area contributed by atoms with Gasteiger partial charge in [-0.15, -0.1) is 0 Å². The highest BCUT2D eigenvalue weighted by Gasteiger charge is 2.35. The van der Waals surface area contributed by atoms with Crippen LogP contribution in [0.3, 0.4) is 0 Å². The minimum absolute atomic E-state index is 0.0545. The Bertz CT molecular complexity index is 1960. The van der Waals surface area contributed by atoms with Crippen molar-refractivity contribution in [2.45, 2.75) is 44.9 Å². The van der Waals surface area contributed by atoms with E-state index in [4.69, 9.17) is 0 Å². The quantitative estimate of drug-likeness (QED) is 0.200. The smallest absolute Gasteiger partial charge is 0.0465 e. The van der Waals surface area contributed by atoms with Crippen molar-refractivity contribution >= 4 is 17.1 Å². The van der Waals surface area contributed by atoms with Gasteiger partial charge in [0.2, 0.25) is 0 Å². The molecule has 0 saturated heterocycles. The van der Waals surface area contributed by atoms with Gasteiger partial charge in [0.1, 0.15) is 0 Å². The first-order chi connectivity index (χ1) is 21.6. The fraction of sp³-hybridized carbons (Fsp3) is 0.163. The molecule has 214 valence electrons. The van der Waals surface area contributed by atoms with E-state index in [1.165, 1.54) is 87.1 Å². The molecule has 6 aromatic rings. The summed E-state index contributed by atoms with van der Waals surface area (Å²) in [6.45, 7) is 4.71. The maximum Gasteiger partial charge on any atom is 0.0465 e. The summed E-state index contributed by atoms with van der Waals surface area (Å²) in [5.74, 6) is 0. The third-order valence-electron chi connectivity index (χ3n) is 9.89. The molecular weight excluding hydrogens is 530 g/mol. The lowest BCUT2D eigenvalue weighted by atomic mass is 9.82. The van der Waals surface area contributed by atoms with E-state index in [0.29, 0.717) is 0 Å². The van der Waals surface area contributed by atoms with Gasteiger partial charge >= 0.3 is 0 Å². The van der Waals surface area contributed by atoms with Crippen LogP contribution in [0, 0.1) is 0 Å². The number of aryl methyl sites for hydroxylation is 1. The zero-order valence-corrected chi connectivity index (χ0v) is 25.6. The van der Waals surface area contributed by atoms with Crippen LogP contribution in [0.5, 0.6) is 0 Å². The second kappa shape index (κ2) is 10.7. The van der Waals surface area contributed by atoms with Crippen LogP contribution in [-0.2, 0) is 18.3 Å². The summed E-state index contributed by atoms with van der Waals surface area (Å²) in [4.78, 5) is 2.42. The summed E-state index contributed by atoms with van der Waals surface area (Å²) in [6.07, 6.45) is 4.97. The van der Waals surface area contributed by atoms with Crippen molar-refractivity contribution < 1.29 is 0 Å². The maximum atomic E-state index is 2.42. The Kier molecular flexibility index (Phi) is 6.49. The number of fused-ring (bicyclic) bond motifs is 4. The molecule has 0 spiro atoms. The minimum Gasteiger partial charge on any atom is -0.310 e. The number of rotatable bonds is 5. The van der Waals surface area contributed by atoms with Crippen molar-refractivity contribution in [2.75, 3.05) is 4.90 Å². The largest absolute Gasteiger partial charge is 0.310 e. The average molecular weight is 568 g/mol. The van der Waals surface area contributed by atoms with E-state index in [1.807, 2.05) is 0 Å². The normalized spacial score (nSPS) is 14.4. The fourth-order valence-electron chi connectivity index (χ4n) is 7.55. The summed E-state index contributed by atoms with van der Waals surface area (Å²) in [6, 6.07) is 51.7. The van der Waals surface area contributed by atoms with Crippen LogP contribution in [0.15, 0.2) is 140 Å². The summed E-state index contributed by atoms with van der Waals surface area (Å²) in [5.41, 5.74) is 17.2. The number of anilines is 3. The van der Waals surface area contributed by atoms with Crippen molar-refractivity contribution in [3.05, 3.63) is 162 Å². The molecule has 0 bridgehead atoms. The molecule has 2 aliphatic carbocycles. The first kappa shape index (κ1) is 26.7. The van der Waals surface area contributed by atoms with Crippen LogP contribution in [-0.4, -0.2) is 0 Å². The van der Waals surface area contributed by atoms with E-state index in [1.54, 1.807) is 5.56 Å². The molecule has 6 aromatic carbocycles. The molecule has 0 heterocycles. The highest BCUT2D eigenvalue weighted by Crippen LogP contribution is 2.50. The van der Waals surface area contributed by atoms with Gasteiger partial charge in [-0.2, -0.15) is 0 Å². The third-order valence-corrected chi connectivity index (χ3v) is 9.89. The van der Waals surface area contributed by atoms with Crippen molar-refractivity contribution in [1.29, 1.82) is 0 Å². The summed E-state index contributed by atoms with van der Waals surface area (Å²) < 4.78 is 0. The molecule has 0 fully saturated rings. The van der Waals surface area contributed by atoms with Crippen LogP contribution in [0.25, 0.3) is 33.4 Å². The molecule has 0 amide bonds. The molecule has 0 radical (unpaired) electrons. The fourth-order valence-corrected chi connectivity index (χ4v) is 7.55. The van der Waals surface area contributed by atoms with Gasteiger partial charge in [0.25, 0.3) is 0 Å². The van der Waals surface area contributed by atoms with Gasteiger partial charge in [-0.3, -0.25) is 0 Å². The van der Waals surface area contributed by atoms with E-state index in [2.05, 4.69) is 158 Å². The highest BCUT2D eigenvalue weighted by atomic mass is 15.1. The zero-order valence-electron chi connectivity index (χ0n) is 25.6. The first-order valence-electron chi connectivity index (χ1n) is 16.0. The molecule has 0 unspecified atom stereocenters. The Morgan fingerprint density at radius 2 is 1.05 bits per heavy atom. The van der Waals surface area contributed by atoms with E-state index >= 15 is 0 Å². The number of nitrogens with zero attached hydrogens (tertiary/aromatic N) is 1. The Morgan fingerprint density at radius 3 is 1.82 bits per heavy atom. The molecule has 0 atom stereocenters. The monoisotopic (exact) mass is 567 g/mol. The molecule has 0 aliphatic heterocycles. The summed E-state index contributed by atoms with van der Waals surface area (Å²) >= 11 is 0. The first-order valence-corrected chi connectivity index (χ1v) is 16.0. The Balaban J connectivity index is 1.23. The Hall–Kier alpha value is -4.88. The standard InChI is InChI=1S/C43H37N/c1-43(2)41-18-9-8-16-39(41)40-28-27-36(29-42(40)43)44(34-23-19-31(20-24-34)30-11-4-3-5-12-30)35-25-21-33(22-26-35)38-17-10-14-32-13-6-7-15-37(32)38/h3-5,8-12,14,16-29H,6-7,13,15H2,1-2H3. The van der Waals surface area contributed by atoms with Crippen molar-refractivity contribution in [1.82, 2.24) is 0 Å². The molecule has 0 saturated carbocycles. The van der Waals surface area contributed by atoms with Gasteiger partial charge in [-0.25, -0.2) is 0 Å². The van der Waals surface area contributed by atoms with Crippen LogP contribution < -0.4 is 4.90 Å². The topological polar surface area (TPSA) is 3.24 Å². The lowest BCUT2D eigenvalue weighted by Crippen LogP contribution is -2.16. The van der Waals surface area contributed by atoms with Crippen LogP contribution in [0.1, 0.15) is 48.9 Å². The van der Waals surface area contributed by atoms with E-state index in [-0.39, 0.29) is 5.41 Å². The van der Waals surface area contributed by atoms with Crippen molar-refractivity contribution in [2.24, 2.45) is 0 Å². The average Bonchev–Trinajstić information content (AvgIpc) is 3.31. The molecular formula is C43H37N. The van der Waals surface area contributed by atoms with Gasteiger partial charge < -0.3 is 4.90 Å². The molecule has 1 nitrogen and oxygen atoms in total. The van der Waals surface area contributed by atoms with E-state index < -0.39 is 0 Å². The zero-order chi connectivity index (χ0) is 29.7. The lowest BCUT2D eigenvalue weighted by molar-refractivity contribution is 0.660. The summed E-state index contributed by atoms with van der Waals surface area (Å²) in [5, 5.41) is 0. The number of hydrogen-bond donors (Lipinski definition) is 0. The van der Waals surface area contributed by atoms with Crippen LogP contribution >= 0.6 is 0 Å². The Labute approximate surface area is 261 Å². The van der Waals surface area contributed by atoms with Gasteiger partial charge in [0.05, 0.1) is 0 Å². The second-order valence-corrected chi connectivity index (χ2v) is 12.8. The molecule has 1 heteroatoms. The van der Waals surface area contributed by atoms with E-state index in [9.17, 15) is 0 Å². The predicted octanol–water partition coefficient (Wildman–Crippen LogP) is 11.7. The third kappa shape index (κ3) is 4.47. The van der Waals surface area contributed by atoms with Crippen LogP contribution in [0.2, 0.25) is 0 Å². The molecule has 0 aromatic heterocycles. The van der Waals surface area contributed by atoms with Gasteiger partial charge in [0, 0.05) is 22.5 Å². The second-order valence-electron chi connectivity index (χ2n) is 12.8. The maximum absolute atomic E-state index is 2.42. The molecule has 8 rings (SSSR count). The Morgan fingerprint density at radius 1 is 0.455 bits per heavy atom. The van der Waals surface area contributed by atoms with Crippen molar-refractivity contribution in [3.63, 3.8) is 0 Å². The van der Waals surface area contributed by atoms with Crippen molar-refractivity contribution in [3.8, 4) is 33.4 Å². The van der Waals surface area contributed by atoms with Gasteiger partial charge in [-0.05, 0) is 118 Å². The SMILES string of the molecule is CC1(C)c2ccccc2-c2ccc(N(c3ccc(-c4ccccc4)cc3)c3ccc(-c4cccc5c4CCCC5)cc3)cc21. The number of hydrogen-bond acceptors (Lipinski definition) is 1. The predicted molar refractivity (Wildman–Crippen MR) is 186 cm³/mol. The number of benzene rings is 6. The molecule has 44 heavy (non-hydrogen) atoms. The van der Waals surface area contributed by atoms with Gasteiger partial charge in [0.15, 0.2) is 0 Å². The minimum atomic E-state index is -0.0545. The highest BCUT2D eigenvalue weighted by molar-refractivity contribution is 5.86. The van der Waals surface area contributed by atoms with E-state index in [0.717, 1.165) is 5.69 Å². The van der Waals surface area contributed by atoms with Gasteiger partial charge in [-0.1, -0.05) is 117 Å². The molecule has 2 aliphatic rings. The van der Waals surface area contributed by atoms with Crippen LogP contribution in [0.4, 0.5) is 17.1 Å². The molecule has 0 N–H and O–H groups in total. The summed E-state index contributed by atoms with van der Waals surface area (Å²) in [7, 11) is 0.